The Morgan fingerprint density at radius 3 is 2.73 bits per heavy atom. The zero-order valence-electron chi connectivity index (χ0n) is 16.0. The average molecular weight is 360 g/mol. The van der Waals surface area contributed by atoms with E-state index in [0.29, 0.717) is 17.4 Å². The molecule has 0 N–H and O–H groups in total. The molecule has 1 saturated heterocycles. The molecular weight excluding hydrogens is 331 g/mol. The third-order valence-corrected chi connectivity index (χ3v) is 5.32. The van der Waals surface area contributed by atoms with E-state index in [4.69, 9.17) is 4.98 Å². The Kier molecular flexibility index (Phi) is 6.04. The molecule has 2 aromatic rings. The number of rotatable bonds is 5. The van der Waals surface area contributed by atoms with Crippen molar-refractivity contribution in [1.82, 2.24) is 19.4 Å². The van der Waals surface area contributed by atoms with Gasteiger partial charge >= 0.3 is 0 Å². The molecule has 26 heavy (non-hydrogen) atoms. The lowest BCUT2D eigenvalue weighted by Crippen LogP contribution is -2.37. The Labute approximate surface area is 154 Å². The number of halogens is 1. The number of benzene rings is 1. The monoisotopic (exact) mass is 360 g/mol. The van der Waals surface area contributed by atoms with E-state index in [-0.39, 0.29) is 11.6 Å². The predicted octanol–water partition coefficient (Wildman–Crippen LogP) is 3.03. The molecule has 6 heteroatoms. The predicted molar refractivity (Wildman–Crippen MR) is 103 cm³/mol. The molecule has 0 aliphatic carbocycles. The maximum absolute atomic E-state index is 13.6. The number of nitrogens with zero attached hydrogens (tertiary/aromatic N) is 4. The number of likely N-dealkylation sites (N-methyl/N-ethyl adjacent to an activating group) is 1. The minimum atomic E-state index is -0.396. The van der Waals surface area contributed by atoms with E-state index in [0.717, 1.165) is 51.3 Å². The van der Waals surface area contributed by atoms with Gasteiger partial charge in [-0.1, -0.05) is 13.3 Å². The highest BCUT2D eigenvalue weighted by atomic mass is 19.1. The van der Waals surface area contributed by atoms with Crippen LogP contribution in [0.15, 0.2) is 23.0 Å². The topological polar surface area (TPSA) is 41.4 Å². The van der Waals surface area contributed by atoms with E-state index >= 15 is 0 Å². The van der Waals surface area contributed by atoms with E-state index in [1.807, 2.05) is 6.92 Å². The van der Waals surface area contributed by atoms with Gasteiger partial charge in [-0.15, -0.1) is 0 Å². The van der Waals surface area contributed by atoms with Gasteiger partial charge in [-0.3, -0.25) is 14.3 Å². The summed E-state index contributed by atoms with van der Waals surface area (Å²) in [5.74, 6) is 0.426. The van der Waals surface area contributed by atoms with Gasteiger partial charge in [0, 0.05) is 26.2 Å². The molecule has 0 radical (unpaired) electrons. The van der Waals surface area contributed by atoms with Crippen molar-refractivity contribution in [3.05, 3.63) is 40.2 Å². The zero-order valence-corrected chi connectivity index (χ0v) is 16.0. The quantitative estimate of drug-likeness (QED) is 0.822. The fraction of sp³-hybridized carbons (Fsp3) is 0.600. The average Bonchev–Trinajstić information content (AvgIpc) is 2.85. The van der Waals surface area contributed by atoms with Gasteiger partial charge in [0.2, 0.25) is 0 Å². The molecule has 1 aromatic heterocycles. The molecule has 142 valence electrons. The minimum absolute atomic E-state index is 0.119. The Balaban J connectivity index is 2.09. The summed E-state index contributed by atoms with van der Waals surface area (Å²) in [5.41, 5.74) is 0.448. The fourth-order valence-electron chi connectivity index (χ4n) is 3.90. The molecule has 0 bridgehead atoms. The van der Waals surface area contributed by atoms with Crippen molar-refractivity contribution in [2.75, 3.05) is 33.2 Å². The molecule has 1 fully saturated rings. The maximum Gasteiger partial charge on any atom is 0.261 e. The second-order valence-electron chi connectivity index (χ2n) is 7.18. The first-order chi connectivity index (χ1) is 12.5. The Hall–Kier alpha value is -1.79. The van der Waals surface area contributed by atoms with Crippen molar-refractivity contribution in [2.24, 2.45) is 0 Å². The van der Waals surface area contributed by atoms with Crippen LogP contribution in [0.1, 0.15) is 45.0 Å². The van der Waals surface area contributed by atoms with Crippen LogP contribution < -0.4 is 5.56 Å². The third kappa shape index (κ3) is 3.81. The van der Waals surface area contributed by atoms with Crippen molar-refractivity contribution in [3.63, 3.8) is 0 Å². The van der Waals surface area contributed by atoms with E-state index < -0.39 is 5.82 Å². The number of hydrogen-bond donors (Lipinski definition) is 0. The lowest BCUT2D eigenvalue weighted by Gasteiger charge is -2.31. The maximum atomic E-state index is 13.6. The van der Waals surface area contributed by atoms with E-state index in [9.17, 15) is 9.18 Å². The van der Waals surface area contributed by atoms with E-state index in [2.05, 4.69) is 23.8 Å². The Morgan fingerprint density at radius 1 is 1.19 bits per heavy atom. The summed E-state index contributed by atoms with van der Waals surface area (Å²) in [7, 11) is 2.16. The van der Waals surface area contributed by atoms with Crippen molar-refractivity contribution < 1.29 is 4.39 Å². The summed E-state index contributed by atoms with van der Waals surface area (Å²) in [4.78, 5) is 22.6. The molecule has 0 amide bonds. The van der Waals surface area contributed by atoms with E-state index in [1.165, 1.54) is 12.1 Å². The van der Waals surface area contributed by atoms with Crippen LogP contribution in [0.2, 0.25) is 0 Å². The second kappa shape index (κ2) is 8.27. The van der Waals surface area contributed by atoms with Crippen LogP contribution in [0.3, 0.4) is 0 Å². The summed E-state index contributed by atoms with van der Waals surface area (Å²) in [6.45, 7) is 8.77. The lowest BCUT2D eigenvalue weighted by molar-refractivity contribution is 0.180. The van der Waals surface area contributed by atoms with Gasteiger partial charge in [-0.25, -0.2) is 9.37 Å². The summed E-state index contributed by atoms with van der Waals surface area (Å²) in [6, 6.07) is 4.42. The summed E-state index contributed by atoms with van der Waals surface area (Å²) in [6.07, 6.45) is 3.10. The van der Waals surface area contributed by atoms with Crippen LogP contribution in [0.4, 0.5) is 4.39 Å². The van der Waals surface area contributed by atoms with Crippen LogP contribution >= 0.6 is 0 Å². The van der Waals surface area contributed by atoms with Gasteiger partial charge < -0.3 is 4.90 Å². The zero-order chi connectivity index (χ0) is 18.7. The smallest absolute Gasteiger partial charge is 0.261 e. The SMILES string of the molecule is CCCC(c1nc2ccc(F)cc2c(=O)n1CC)N1CCCN(C)CC1. The molecule has 1 atom stereocenters. The van der Waals surface area contributed by atoms with Gasteiger partial charge in [0.15, 0.2) is 0 Å². The molecule has 1 aromatic carbocycles. The third-order valence-electron chi connectivity index (χ3n) is 5.32. The molecule has 5 nitrogen and oxygen atoms in total. The molecule has 1 unspecified atom stereocenters. The normalized spacial score (nSPS) is 18.2. The van der Waals surface area contributed by atoms with Gasteiger partial charge in [-0.2, -0.15) is 0 Å². The first-order valence-electron chi connectivity index (χ1n) is 9.67. The van der Waals surface area contributed by atoms with Crippen LogP contribution in [-0.2, 0) is 6.54 Å². The molecule has 3 rings (SSSR count). The highest BCUT2D eigenvalue weighted by Gasteiger charge is 2.26. The Bertz CT molecular complexity index is 819. The van der Waals surface area contributed by atoms with Crippen LogP contribution in [0.25, 0.3) is 10.9 Å². The minimum Gasteiger partial charge on any atom is -0.305 e. The van der Waals surface area contributed by atoms with Gasteiger partial charge in [0.05, 0.1) is 16.9 Å². The van der Waals surface area contributed by atoms with Crippen molar-refractivity contribution in [3.8, 4) is 0 Å². The van der Waals surface area contributed by atoms with Gasteiger partial charge in [0.25, 0.3) is 5.56 Å². The number of aromatic nitrogens is 2. The molecule has 0 saturated carbocycles. The van der Waals surface area contributed by atoms with Crippen molar-refractivity contribution >= 4 is 10.9 Å². The number of hydrogen-bond acceptors (Lipinski definition) is 4. The second-order valence-corrected chi connectivity index (χ2v) is 7.18. The first-order valence-corrected chi connectivity index (χ1v) is 9.67. The summed E-state index contributed by atoms with van der Waals surface area (Å²) < 4.78 is 15.3. The number of fused-ring (bicyclic) bond motifs is 1. The summed E-state index contributed by atoms with van der Waals surface area (Å²) >= 11 is 0. The molecular formula is C20H29FN4O. The summed E-state index contributed by atoms with van der Waals surface area (Å²) in [5, 5.41) is 0.362. The van der Waals surface area contributed by atoms with Crippen LogP contribution in [0.5, 0.6) is 0 Å². The van der Waals surface area contributed by atoms with Crippen LogP contribution in [0, 0.1) is 5.82 Å². The van der Waals surface area contributed by atoms with Gasteiger partial charge in [0.1, 0.15) is 11.6 Å². The highest BCUT2D eigenvalue weighted by molar-refractivity contribution is 5.77. The molecule has 2 heterocycles. The van der Waals surface area contributed by atoms with Crippen molar-refractivity contribution in [2.45, 2.75) is 45.7 Å². The highest BCUT2D eigenvalue weighted by Crippen LogP contribution is 2.26. The first kappa shape index (κ1) is 19.0. The van der Waals surface area contributed by atoms with E-state index in [1.54, 1.807) is 10.6 Å². The Morgan fingerprint density at radius 2 is 2.00 bits per heavy atom. The largest absolute Gasteiger partial charge is 0.305 e. The fourth-order valence-corrected chi connectivity index (χ4v) is 3.90. The van der Waals surface area contributed by atoms with Crippen molar-refractivity contribution in [1.29, 1.82) is 0 Å². The van der Waals surface area contributed by atoms with Crippen LogP contribution in [-0.4, -0.2) is 52.6 Å². The molecule has 1 aliphatic rings. The molecule has 0 spiro atoms. The standard InChI is InChI=1S/C20H29FN4O/c1-4-7-18(24-11-6-10-23(3)12-13-24)19-22-17-9-8-15(21)14-16(17)20(26)25(19)5-2/h8-9,14,18H,4-7,10-13H2,1-3H3. The lowest BCUT2D eigenvalue weighted by atomic mass is 10.1. The molecule has 1 aliphatic heterocycles. The van der Waals surface area contributed by atoms with Gasteiger partial charge in [-0.05, 0) is 51.6 Å².